The van der Waals surface area contributed by atoms with Gasteiger partial charge in [-0.1, -0.05) is 13.8 Å². The van der Waals surface area contributed by atoms with E-state index in [4.69, 9.17) is 10.6 Å². The largest absolute Gasteiger partial charge is 0.374 e. The second-order valence-corrected chi connectivity index (χ2v) is 5.34. The van der Waals surface area contributed by atoms with Crippen LogP contribution in [0.4, 0.5) is 0 Å². The molecule has 3 N–H and O–H groups in total. The summed E-state index contributed by atoms with van der Waals surface area (Å²) in [6.07, 6.45) is 4.11. The van der Waals surface area contributed by atoms with Gasteiger partial charge in [-0.25, -0.2) is 9.67 Å². The first-order valence-electron chi connectivity index (χ1n) is 7.53. The van der Waals surface area contributed by atoms with Crippen LogP contribution >= 0.6 is 0 Å². The minimum Gasteiger partial charge on any atom is -0.374 e. The fraction of sp³-hybridized carbons (Fsp3) is 0.857. The summed E-state index contributed by atoms with van der Waals surface area (Å²) in [5.74, 6) is 6.73. The summed E-state index contributed by atoms with van der Waals surface area (Å²) in [5, 5.41) is 4.28. The maximum absolute atomic E-state index is 6.03. The molecule has 1 unspecified atom stereocenters. The minimum absolute atomic E-state index is 0.0131. The van der Waals surface area contributed by atoms with Crippen LogP contribution in [-0.4, -0.2) is 33.0 Å². The van der Waals surface area contributed by atoms with Crippen molar-refractivity contribution in [2.24, 2.45) is 5.84 Å². The average Bonchev–Trinajstić information content (AvgIpc) is 2.91. The van der Waals surface area contributed by atoms with Gasteiger partial charge in [0, 0.05) is 19.1 Å². The van der Waals surface area contributed by atoms with Gasteiger partial charge in [0.2, 0.25) is 0 Å². The summed E-state index contributed by atoms with van der Waals surface area (Å²) in [4.78, 5) is 4.37. The molecule has 0 aliphatic heterocycles. The SMILES string of the molecule is CCOC(CC)(CC)C(Cc1ncnn1C(C)C)NN. The third kappa shape index (κ3) is 3.56. The maximum Gasteiger partial charge on any atom is 0.138 e. The van der Waals surface area contributed by atoms with Crippen molar-refractivity contribution in [3.05, 3.63) is 12.2 Å². The van der Waals surface area contributed by atoms with Gasteiger partial charge in [0.1, 0.15) is 12.2 Å². The number of nitrogens with one attached hydrogen (secondary N) is 1. The summed E-state index contributed by atoms with van der Waals surface area (Å²) in [7, 11) is 0. The number of hydrogen-bond acceptors (Lipinski definition) is 5. The highest BCUT2D eigenvalue weighted by Gasteiger charge is 2.37. The van der Waals surface area contributed by atoms with Crippen LogP contribution in [0.2, 0.25) is 0 Å². The van der Waals surface area contributed by atoms with E-state index in [2.05, 4.69) is 43.2 Å². The van der Waals surface area contributed by atoms with Gasteiger partial charge >= 0.3 is 0 Å². The predicted octanol–water partition coefficient (Wildman–Crippen LogP) is 1.83. The van der Waals surface area contributed by atoms with Gasteiger partial charge in [0.15, 0.2) is 0 Å². The molecule has 6 heteroatoms. The molecule has 0 aliphatic carbocycles. The van der Waals surface area contributed by atoms with Gasteiger partial charge in [0.25, 0.3) is 0 Å². The molecule has 0 fully saturated rings. The third-order valence-corrected chi connectivity index (χ3v) is 3.99. The Kier molecular flexibility index (Phi) is 6.58. The quantitative estimate of drug-likeness (QED) is 0.534. The lowest BCUT2D eigenvalue weighted by Crippen LogP contribution is -2.56. The molecule has 1 atom stereocenters. The van der Waals surface area contributed by atoms with Crippen LogP contribution in [0.5, 0.6) is 0 Å². The van der Waals surface area contributed by atoms with E-state index in [0.29, 0.717) is 13.0 Å². The molecular weight excluding hydrogens is 254 g/mol. The maximum atomic E-state index is 6.03. The van der Waals surface area contributed by atoms with E-state index in [1.807, 2.05) is 11.6 Å². The molecule has 1 aromatic heterocycles. The standard InChI is InChI=1S/C14H29N5O/c1-6-14(7-2,20-8-3)12(18-15)9-13-16-10-17-19(13)11(4)5/h10-12,18H,6-9,15H2,1-5H3. The highest BCUT2D eigenvalue weighted by atomic mass is 16.5. The van der Waals surface area contributed by atoms with Crippen LogP contribution in [0.1, 0.15) is 59.3 Å². The van der Waals surface area contributed by atoms with Crippen molar-refractivity contribution in [1.29, 1.82) is 0 Å². The van der Waals surface area contributed by atoms with E-state index in [1.165, 1.54) is 0 Å². The highest BCUT2D eigenvalue weighted by Crippen LogP contribution is 2.27. The topological polar surface area (TPSA) is 78.0 Å². The number of hydrazine groups is 1. The van der Waals surface area contributed by atoms with E-state index in [1.54, 1.807) is 6.33 Å². The van der Waals surface area contributed by atoms with Gasteiger partial charge in [-0.2, -0.15) is 5.10 Å². The Morgan fingerprint density at radius 2 is 2.00 bits per heavy atom. The van der Waals surface area contributed by atoms with Crippen LogP contribution in [0.15, 0.2) is 6.33 Å². The van der Waals surface area contributed by atoms with E-state index >= 15 is 0 Å². The average molecular weight is 283 g/mol. The van der Waals surface area contributed by atoms with Crippen molar-refractivity contribution in [2.45, 2.75) is 71.6 Å². The zero-order valence-electron chi connectivity index (χ0n) is 13.4. The lowest BCUT2D eigenvalue weighted by atomic mass is 9.86. The van der Waals surface area contributed by atoms with Gasteiger partial charge in [0.05, 0.1) is 11.6 Å². The molecule has 20 heavy (non-hydrogen) atoms. The predicted molar refractivity (Wildman–Crippen MR) is 80.2 cm³/mol. The first-order valence-corrected chi connectivity index (χ1v) is 7.53. The molecule has 0 aliphatic rings. The Labute approximate surface area is 122 Å². The summed E-state index contributed by atoms with van der Waals surface area (Å²) in [6, 6.07) is 0.301. The molecule has 116 valence electrons. The number of nitrogens with two attached hydrogens (primary N) is 1. The lowest BCUT2D eigenvalue weighted by Gasteiger charge is -2.39. The van der Waals surface area contributed by atoms with Crippen LogP contribution in [0.25, 0.3) is 0 Å². The van der Waals surface area contributed by atoms with Crippen LogP contribution in [0.3, 0.4) is 0 Å². The number of hydrogen-bond donors (Lipinski definition) is 2. The zero-order chi connectivity index (χ0) is 15.2. The van der Waals surface area contributed by atoms with Gasteiger partial charge in [-0.05, 0) is 33.6 Å². The van der Waals surface area contributed by atoms with Crippen molar-refractivity contribution in [3.63, 3.8) is 0 Å². The Morgan fingerprint density at radius 3 is 2.45 bits per heavy atom. The Hall–Kier alpha value is -0.980. The molecule has 1 aromatic rings. The van der Waals surface area contributed by atoms with Crippen molar-refractivity contribution < 1.29 is 4.74 Å². The van der Waals surface area contributed by atoms with Crippen molar-refractivity contribution in [1.82, 2.24) is 20.2 Å². The molecule has 0 bridgehead atoms. The van der Waals surface area contributed by atoms with E-state index in [9.17, 15) is 0 Å². The first kappa shape index (κ1) is 17.1. The van der Waals surface area contributed by atoms with Crippen molar-refractivity contribution in [3.8, 4) is 0 Å². The molecule has 1 rings (SSSR count). The molecule has 0 amide bonds. The fourth-order valence-corrected chi connectivity index (χ4v) is 2.77. The summed E-state index contributed by atoms with van der Waals surface area (Å²) >= 11 is 0. The minimum atomic E-state index is -0.267. The molecule has 1 heterocycles. The first-order chi connectivity index (χ1) is 9.54. The number of aromatic nitrogens is 3. The zero-order valence-corrected chi connectivity index (χ0v) is 13.4. The van der Waals surface area contributed by atoms with E-state index in [0.717, 1.165) is 18.7 Å². The van der Waals surface area contributed by atoms with Crippen LogP contribution < -0.4 is 11.3 Å². The van der Waals surface area contributed by atoms with Gasteiger partial charge in [-0.3, -0.25) is 11.3 Å². The molecule has 0 saturated heterocycles. The summed E-state index contributed by atoms with van der Waals surface area (Å²) in [6.45, 7) is 11.2. The normalized spacial score (nSPS) is 13.9. The smallest absolute Gasteiger partial charge is 0.138 e. The molecular formula is C14H29N5O. The number of ether oxygens (including phenoxy) is 1. The Morgan fingerprint density at radius 1 is 1.35 bits per heavy atom. The van der Waals surface area contributed by atoms with E-state index < -0.39 is 0 Å². The number of nitrogens with zero attached hydrogens (tertiary/aromatic N) is 3. The summed E-state index contributed by atoms with van der Waals surface area (Å²) < 4.78 is 7.97. The van der Waals surface area contributed by atoms with Gasteiger partial charge < -0.3 is 4.74 Å². The van der Waals surface area contributed by atoms with Crippen molar-refractivity contribution in [2.75, 3.05) is 6.61 Å². The molecule has 0 saturated carbocycles. The second kappa shape index (κ2) is 7.71. The fourth-order valence-electron chi connectivity index (χ4n) is 2.77. The monoisotopic (exact) mass is 283 g/mol. The van der Waals surface area contributed by atoms with Crippen LogP contribution in [-0.2, 0) is 11.2 Å². The van der Waals surface area contributed by atoms with Crippen LogP contribution in [0, 0.1) is 0 Å². The highest BCUT2D eigenvalue weighted by molar-refractivity contribution is 4.99. The Balaban J connectivity index is 2.97. The Bertz CT molecular complexity index is 387. The molecule has 0 radical (unpaired) electrons. The van der Waals surface area contributed by atoms with E-state index in [-0.39, 0.29) is 17.7 Å². The molecule has 6 nitrogen and oxygen atoms in total. The third-order valence-electron chi connectivity index (χ3n) is 3.99. The second-order valence-electron chi connectivity index (χ2n) is 5.34. The molecule has 0 spiro atoms. The van der Waals surface area contributed by atoms with Crippen molar-refractivity contribution >= 4 is 0 Å². The lowest BCUT2D eigenvalue weighted by molar-refractivity contribution is -0.0725. The van der Waals surface area contributed by atoms with Gasteiger partial charge in [-0.15, -0.1) is 0 Å². The molecule has 0 aromatic carbocycles. The summed E-state index contributed by atoms with van der Waals surface area (Å²) in [5.41, 5.74) is 2.66. The number of rotatable bonds is 9.